The van der Waals surface area contributed by atoms with Gasteiger partial charge in [0.2, 0.25) is 11.1 Å². The summed E-state index contributed by atoms with van der Waals surface area (Å²) in [4.78, 5) is 23.4. The number of nitrogens with zero attached hydrogens (tertiary/aromatic N) is 5. The molecular weight excluding hydrogens is 454 g/mol. The van der Waals surface area contributed by atoms with E-state index in [2.05, 4.69) is 31.0 Å². The summed E-state index contributed by atoms with van der Waals surface area (Å²) in [5.41, 5.74) is 3.86. The van der Waals surface area contributed by atoms with Crippen LogP contribution in [-0.2, 0) is 17.8 Å². The number of aromatic nitrogens is 4. The van der Waals surface area contributed by atoms with Gasteiger partial charge in [-0.3, -0.25) is 4.79 Å². The highest BCUT2D eigenvalue weighted by Crippen LogP contribution is 2.24. The zero-order valence-corrected chi connectivity index (χ0v) is 19.6. The average molecular weight is 478 g/mol. The summed E-state index contributed by atoms with van der Waals surface area (Å²) >= 11 is 4.96. The minimum atomic E-state index is 0.0642. The van der Waals surface area contributed by atoms with Gasteiger partial charge in [0.1, 0.15) is 5.75 Å². The topological polar surface area (TPSA) is 72.6 Å². The van der Waals surface area contributed by atoms with Crippen LogP contribution in [0.1, 0.15) is 28.9 Å². The fraction of sp³-hybridized carbons (Fsp3) is 0.400. The molecule has 3 aromatic rings. The first kappa shape index (κ1) is 21.6. The van der Waals surface area contributed by atoms with Gasteiger partial charge in [-0.25, -0.2) is 9.50 Å². The molecule has 0 aliphatic carbocycles. The van der Waals surface area contributed by atoms with Gasteiger partial charge in [0, 0.05) is 41.4 Å². The van der Waals surface area contributed by atoms with Crippen molar-refractivity contribution >= 4 is 39.4 Å². The van der Waals surface area contributed by atoms with E-state index in [1.54, 1.807) is 16.5 Å². The zero-order valence-electron chi connectivity index (χ0n) is 17.2. The fourth-order valence-corrected chi connectivity index (χ4v) is 4.02. The highest BCUT2D eigenvalue weighted by molar-refractivity contribution is 9.10. The molecule has 29 heavy (non-hydrogen) atoms. The number of halogens is 1. The highest BCUT2D eigenvalue weighted by Gasteiger charge is 2.17. The molecule has 9 heteroatoms. The van der Waals surface area contributed by atoms with E-state index in [9.17, 15) is 4.79 Å². The molecular formula is C20H24BrN5O2S. The summed E-state index contributed by atoms with van der Waals surface area (Å²) in [6.07, 6.45) is 2.94. The number of aryl methyl sites for hydroxylation is 2. The molecule has 0 saturated heterocycles. The van der Waals surface area contributed by atoms with Crippen molar-refractivity contribution < 1.29 is 9.53 Å². The van der Waals surface area contributed by atoms with Crippen LogP contribution in [0.3, 0.4) is 0 Å². The van der Waals surface area contributed by atoms with Crippen LogP contribution in [0.25, 0.3) is 5.78 Å². The van der Waals surface area contributed by atoms with Crippen molar-refractivity contribution in [3.05, 3.63) is 45.2 Å². The number of hydrogen-bond donors (Lipinski definition) is 0. The van der Waals surface area contributed by atoms with Crippen molar-refractivity contribution in [1.29, 1.82) is 0 Å². The third kappa shape index (κ3) is 4.72. The third-order valence-electron chi connectivity index (χ3n) is 4.88. The van der Waals surface area contributed by atoms with Gasteiger partial charge in [0.25, 0.3) is 5.78 Å². The number of thioether (sulfide) groups is 1. The Morgan fingerprint density at radius 1 is 1.31 bits per heavy atom. The van der Waals surface area contributed by atoms with Gasteiger partial charge in [0.15, 0.2) is 0 Å². The van der Waals surface area contributed by atoms with Crippen LogP contribution in [0.5, 0.6) is 5.75 Å². The molecule has 2 aromatic heterocycles. The summed E-state index contributed by atoms with van der Waals surface area (Å²) in [6.45, 7) is 4.43. The smallest absolute Gasteiger partial charge is 0.253 e. The molecule has 0 fully saturated rings. The van der Waals surface area contributed by atoms with Crippen LogP contribution in [-0.4, -0.2) is 50.8 Å². The van der Waals surface area contributed by atoms with Crippen LogP contribution in [0.2, 0.25) is 0 Å². The lowest BCUT2D eigenvalue weighted by Crippen LogP contribution is -2.27. The van der Waals surface area contributed by atoms with Gasteiger partial charge in [-0.05, 0) is 50.3 Å². The van der Waals surface area contributed by atoms with E-state index < -0.39 is 0 Å². The summed E-state index contributed by atoms with van der Waals surface area (Å²) in [7, 11) is 3.45. The number of amides is 1. The van der Waals surface area contributed by atoms with Crippen molar-refractivity contribution in [3.63, 3.8) is 0 Å². The lowest BCUT2D eigenvalue weighted by Gasteiger charge is -2.19. The molecule has 3 rings (SSSR count). The second-order valence-corrected chi connectivity index (χ2v) is 8.47. The van der Waals surface area contributed by atoms with Gasteiger partial charge < -0.3 is 9.64 Å². The molecule has 0 aliphatic rings. The van der Waals surface area contributed by atoms with Gasteiger partial charge >= 0.3 is 0 Å². The number of carbonyl (C=O) groups excluding carboxylic acids is 1. The number of ether oxygens (including phenoxy) is 1. The molecule has 154 valence electrons. The predicted octanol–water partition coefficient (Wildman–Crippen LogP) is 3.83. The van der Waals surface area contributed by atoms with E-state index in [0.717, 1.165) is 32.7 Å². The first-order chi connectivity index (χ1) is 13.8. The van der Waals surface area contributed by atoms with Crippen molar-refractivity contribution in [2.75, 3.05) is 20.4 Å². The lowest BCUT2D eigenvalue weighted by atomic mass is 10.1. The number of rotatable bonds is 7. The van der Waals surface area contributed by atoms with E-state index in [0.29, 0.717) is 30.3 Å². The Morgan fingerprint density at radius 2 is 2.07 bits per heavy atom. The average Bonchev–Trinajstić information content (AvgIpc) is 3.11. The predicted molar refractivity (Wildman–Crippen MR) is 118 cm³/mol. The van der Waals surface area contributed by atoms with Crippen molar-refractivity contribution in [3.8, 4) is 5.75 Å². The lowest BCUT2D eigenvalue weighted by molar-refractivity contribution is -0.130. The van der Waals surface area contributed by atoms with Crippen LogP contribution in [0.15, 0.2) is 27.8 Å². The molecule has 1 amide bonds. The Kier molecular flexibility index (Phi) is 6.79. The quantitative estimate of drug-likeness (QED) is 0.481. The second-order valence-electron chi connectivity index (χ2n) is 6.78. The van der Waals surface area contributed by atoms with Crippen molar-refractivity contribution in [2.45, 2.75) is 38.4 Å². The maximum absolute atomic E-state index is 12.8. The molecule has 2 heterocycles. The first-order valence-electron chi connectivity index (χ1n) is 9.17. The van der Waals surface area contributed by atoms with E-state index in [-0.39, 0.29) is 5.91 Å². The largest absolute Gasteiger partial charge is 0.496 e. The Balaban J connectivity index is 1.72. The molecule has 0 bridgehead atoms. The number of hydrogen-bond acceptors (Lipinski definition) is 6. The van der Waals surface area contributed by atoms with Crippen LogP contribution < -0.4 is 4.74 Å². The monoisotopic (exact) mass is 477 g/mol. The Bertz CT molecular complexity index is 1050. The van der Waals surface area contributed by atoms with E-state index in [1.807, 2.05) is 45.4 Å². The van der Waals surface area contributed by atoms with Crippen molar-refractivity contribution in [2.24, 2.45) is 0 Å². The Hall–Kier alpha value is -2.13. The number of methoxy groups -OCH3 is 1. The molecule has 0 spiro atoms. The van der Waals surface area contributed by atoms with E-state index in [4.69, 9.17) is 4.74 Å². The molecule has 0 N–H and O–H groups in total. The minimum Gasteiger partial charge on any atom is -0.496 e. The highest BCUT2D eigenvalue weighted by atomic mass is 79.9. The molecule has 0 radical (unpaired) electrons. The van der Waals surface area contributed by atoms with Crippen molar-refractivity contribution in [1.82, 2.24) is 24.5 Å². The summed E-state index contributed by atoms with van der Waals surface area (Å²) in [5, 5.41) is 5.16. The third-order valence-corrected chi connectivity index (χ3v) is 5.91. The minimum absolute atomic E-state index is 0.0642. The molecule has 0 saturated carbocycles. The summed E-state index contributed by atoms with van der Waals surface area (Å²) < 4.78 is 8.12. The molecule has 0 unspecified atom stereocenters. The van der Waals surface area contributed by atoms with E-state index in [1.165, 1.54) is 11.8 Å². The van der Waals surface area contributed by atoms with E-state index >= 15 is 0 Å². The maximum Gasteiger partial charge on any atom is 0.253 e. The summed E-state index contributed by atoms with van der Waals surface area (Å²) in [5.74, 6) is 1.43. The first-order valence-corrected chi connectivity index (χ1v) is 11.2. The number of carbonyl (C=O) groups is 1. The molecule has 0 atom stereocenters. The van der Waals surface area contributed by atoms with Gasteiger partial charge in [0.05, 0.1) is 7.11 Å². The van der Waals surface area contributed by atoms with Crippen LogP contribution >= 0.6 is 27.7 Å². The Labute approximate surface area is 183 Å². The SMILES string of the molecule is COc1ccc(Br)cc1CN(C)C(=O)CCc1c(C)nc2nc(SC)nn2c1C. The second kappa shape index (κ2) is 9.13. The van der Waals surface area contributed by atoms with Crippen LogP contribution in [0.4, 0.5) is 0 Å². The maximum atomic E-state index is 12.8. The molecule has 7 nitrogen and oxygen atoms in total. The van der Waals surface area contributed by atoms with Gasteiger partial charge in [-0.2, -0.15) is 4.98 Å². The van der Waals surface area contributed by atoms with Crippen LogP contribution in [0, 0.1) is 13.8 Å². The molecule has 1 aromatic carbocycles. The standard InChI is InChI=1S/C20H24BrN5O2S/c1-12-16(13(2)26-19(22-12)23-20(24-26)29-5)7-9-18(27)25(3)11-14-10-15(21)6-8-17(14)28-4/h6,8,10H,7,9,11H2,1-5H3. The zero-order chi connectivity index (χ0) is 21.1. The Morgan fingerprint density at radius 3 is 2.76 bits per heavy atom. The number of fused-ring (bicyclic) bond motifs is 1. The van der Waals surface area contributed by atoms with Gasteiger partial charge in [-0.15, -0.1) is 5.10 Å². The summed E-state index contributed by atoms with van der Waals surface area (Å²) in [6, 6.07) is 5.79. The van der Waals surface area contributed by atoms with Gasteiger partial charge in [-0.1, -0.05) is 27.7 Å². The number of benzene rings is 1. The fourth-order valence-electron chi connectivity index (χ4n) is 3.28. The normalized spacial score (nSPS) is 11.1. The molecule has 0 aliphatic heterocycles.